The Labute approximate surface area is 83.0 Å². The first kappa shape index (κ1) is 11.0. The second-order valence-corrected chi connectivity index (χ2v) is 3.56. The van der Waals surface area contributed by atoms with Gasteiger partial charge in [0.2, 0.25) is 0 Å². The number of phenols is 1. The highest BCUT2D eigenvalue weighted by Crippen LogP contribution is 2.25. The van der Waals surface area contributed by atoms with E-state index in [0.717, 1.165) is 0 Å². The lowest BCUT2D eigenvalue weighted by Crippen LogP contribution is -2.04. The number of aliphatic hydroxyl groups excluding tert-OH is 1. The van der Waals surface area contributed by atoms with Crippen LogP contribution in [0.5, 0.6) is 5.75 Å². The standard InChI is InChI=1S/C11H15FO2/c1-7(13)5-10-6-9(8(2)12)3-4-11(10)14/h3-4,6-8,13-14H,5H2,1-2H3. The van der Waals surface area contributed by atoms with Crippen LogP contribution in [0.2, 0.25) is 0 Å². The van der Waals surface area contributed by atoms with E-state index >= 15 is 0 Å². The lowest BCUT2D eigenvalue weighted by Gasteiger charge is -2.09. The minimum atomic E-state index is -1.05. The summed E-state index contributed by atoms with van der Waals surface area (Å²) in [5, 5.41) is 18.6. The summed E-state index contributed by atoms with van der Waals surface area (Å²) in [5.41, 5.74) is 1.11. The summed E-state index contributed by atoms with van der Waals surface area (Å²) in [6.45, 7) is 3.07. The molecule has 0 saturated carbocycles. The van der Waals surface area contributed by atoms with Crippen LogP contribution in [-0.2, 0) is 6.42 Å². The van der Waals surface area contributed by atoms with E-state index in [2.05, 4.69) is 0 Å². The van der Waals surface area contributed by atoms with E-state index in [0.29, 0.717) is 17.5 Å². The zero-order valence-electron chi connectivity index (χ0n) is 8.37. The van der Waals surface area contributed by atoms with Gasteiger partial charge in [-0.3, -0.25) is 0 Å². The van der Waals surface area contributed by atoms with Gasteiger partial charge in [-0.2, -0.15) is 0 Å². The van der Waals surface area contributed by atoms with Gasteiger partial charge in [0.1, 0.15) is 11.9 Å². The van der Waals surface area contributed by atoms with Gasteiger partial charge >= 0.3 is 0 Å². The van der Waals surface area contributed by atoms with Crippen molar-refractivity contribution in [2.75, 3.05) is 0 Å². The van der Waals surface area contributed by atoms with E-state index in [1.54, 1.807) is 19.1 Å². The summed E-state index contributed by atoms with van der Waals surface area (Å²) >= 11 is 0. The smallest absolute Gasteiger partial charge is 0.122 e. The molecule has 0 aliphatic carbocycles. The second-order valence-electron chi connectivity index (χ2n) is 3.56. The number of benzene rings is 1. The van der Waals surface area contributed by atoms with E-state index < -0.39 is 12.3 Å². The van der Waals surface area contributed by atoms with Gasteiger partial charge in [0.25, 0.3) is 0 Å². The molecule has 1 aromatic carbocycles. The maximum atomic E-state index is 12.9. The van der Waals surface area contributed by atoms with Crippen molar-refractivity contribution < 1.29 is 14.6 Å². The van der Waals surface area contributed by atoms with Crippen LogP contribution in [0.1, 0.15) is 31.1 Å². The first-order chi connectivity index (χ1) is 6.50. The maximum absolute atomic E-state index is 12.9. The average molecular weight is 198 g/mol. The van der Waals surface area contributed by atoms with Crippen molar-refractivity contribution >= 4 is 0 Å². The molecule has 2 unspecified atom stereocenters. The van der Waals surface area contributed by atoms with Crippen molar-refractivity contribution in [2.45, 2.75) is 32.5 Å². The highest BCUT2D eigenvalue weighted by Gasteiger charge is 2.09. The van der Waals surface area contributed by atoms with Crippen LogP contribution in [0.3, 0.4) is 0 Å². The zero-order chi connectivity index (χ0) is 10.7. The molecule has 0 saturated heterocycles. The fraction of sp³-hybridized carbons (Fsp3) is 0.455. The normalized spacial score (nSPS) is 15.1. The molecule has 2 atom stereocenters. The van der Waals surface area contributed by atoms with Crippen LogP contribution in [-0.4, -0.2) is 16.3 Å². The van der Waals surface area contributed by atoms with E-state index in [4.69, 9.17) is 5.11 Å². The summed E-state index contributed by atoms with van der Waals surface area (Å²) < 4.78 is 12.9. The Morgan fingerprint density at radius 2 is 2.00 bits per heavy atom. The van der Waals surface area contributed by atoms with Crippen molar-refractivity contribution in [2.24, 2.45) is 0 Å². The molecule has 2 N–H and O–H groups in total. The van der Waals surface area contributed by atoms with Gasteiger partial charge in [0.15, 0.2) is 0 Å². The average Bonchev–Trinajstić information content (AvgIpc) is 2.07. The predicted octanol–water partition coefficient (Wildman–Crippen LogP) is 2.35. The molecule has 3 heteroatoms. The Morgan fingerprint density at radius 3 is 2.50 bits per heavy atom. The number of hydrogen-bond donors (Lipinski definition) is 2. The highest BCUT2D eigenvalue weighted by molar-refractivity contribution is 5.37. The number of aliphatic hydroxyl groups is 1. The molecule has 0 aromatic heterocycles. The minimum absolute atomic E-state index is 0.107. The Balaban J connectivity index is 2.96. The number of halogens is 1. The third-order valence-corrected chi connectivity index (χ3v) is 2.08. The molecule has 0 aliphatic heterocycles. The highest BCUT2D eigenvalue weighted by atomic mass is 19.1. The monoisotopic (exact) mass is 198 g/mol. The van der Waals surface area contributed by atoms with Crippen LogP contribution in [0.15, 0.2) is 18.2 Å². The fourth-order valence-corrected chi connectivity index (χ4v) is 1.33. The maximum Gasteiger partial charge on any atom is 0.122 e. The summed E-state index contributed by atoms with van der Waals surface area (Å²) in [6.07, 6.45) is -1.25. The molecular weight excluding hydrogens is 183 g/mol. The van der Waals surface area contributed by atoms with Crippen molar-refractivity contribution in [3.05, 3.63) is 29.3 Å². The van der Waals surface area contributed by atoms with Crippen molar-refractivity contribution in [3.63, 3.8) is 0 Å². The number of aromatic hydroxyl groups is 1. The Kier molecular flexibility index (Phi) is 3.47. The lowest BCUT2D eigenvalue weighted by atomic mass is 10.0. The van der Waals surface area contributed by atoms with Crippen molar-refractivity contribution in [3.8, 4) is 5.75 Å². The third kappa shape index (κ3) is 2.70. The number of rotatable bonds is 3. The van der Waals surface area contributed by atoms with Gasteiger partial charge in [-0.05, 0) is 37.1 Å². The van der Waals surface area contributed by atoms with Gasteiger partial charge in [-0.15, -0.1) is 0 Å². The predicted molar refractivity (Wildman–Crippen MR) is 53.0 cm³/mol. The first-order valence-electron chi connectivity index (χ1n) is 4.64. The molecule has 1 aromatic rings. The van der Waals surface area contributed by atoms with E-state index in [1.165, 1.54) is 13.0 Å². The molecular formula is C11H15FO2. The summed E-state index contributed by atoms with van der Waals surface area (Å²) in [6, 6.07) is 4.60. The van der Waals surface area contributed by atoms with Crippen LogP contribution in [0.25, 0.3) is 0 Å². The molecule has 0 radical (unpaired) electrons. The van der Waals surface area contributed by atoms with E-state index in [1.807, 2.05) is 0 Å². The summed E-state index contributed by atoms with van der Waals surface area (Å²) in [4.78, 5) is 0. The van der Waals surface area contributed by atoms with Gasteiger partial charge in [-0.1, -0.05) is 6.07 Å². The van der Waals surface area contributed by atoms with Gasteiger partial charge in [0, 0.05) is 6.42 Å². The Morgan fingerprint density at radius 1 is 1.36 bits per heavy atom. The lowest BCUT2D eigenvalue weighted by molar-refractivity contribution is 0.194. The molecule has 0 fully saturated rings. The molecule has 0 bridgehead atoms. The van der Waals surface area contributed by atoms with Crippen LogP contribution < -0.4 is 0 Å². The van der Waals surface area contributed by atoms with Crippen LogP contribution in [0.4, 0.5) is 4.39 Å². The zero-order valence-corrected chi connectivity index (χ0v) is 8.37. The third-order valence-electron chi connectivity index (χ3n) is 2.08. The molecule has 78 valence electrons. The number of phenolic OH excluding ortho intramolecular Hbond substituents is 1. The van der Waals surface area contributed by atoms with Crippen LogP contribution >= 0.6 is 0 Å². The summed E-state index contributed by atoms with van der Waals surface area (Å²) in [5.74, 6) is 0.107. The second kappa shape index (κ2) is 4.42. The number of hydrogen-bond acceptors (Lipinski definition) is 2. The van der Waals surface area contributed by atoms with E-state index in [-0.39, 0.29) is 5.75 Å². The van der Waals surface area contributed by atoms with Crippen molar-refractivity contribution in [1.82, 2.24) is 0 Å². The molecule has 14 heavy (non-hydrogen) atoms. The number of alkyl halides is 1. The molecule has 0 amide bonds. The molecule has 0 aliphatic rings. The molecule has 0 spiro atoms. The quantitative estimate of drug-likeness (QED) is 0.782. The first-order valence-corrected chi connectivity index (χ1v) is 4.64. The molecule has 0 heterocycles. The van der Waals surface area contributed by atoms with E-state index in [9.17, 15) is 9.50 Å². The minimum Gasteiger partial charge on any atom is -0.508 e. The molecule has 2 nitrogen and oxygen atoms in total. The van der Waals surface area contributed by atoms with Crippen LogP contribution in [0, 0.1) is 0 Å². The summed E-state index contributed by atoms with van der Waals surface area (Å²) in [7, 11) is 0. The van der Waals surface area contributed by atoms with Gasteiger partial charge < -0.3 is 10.2 Å². The fourth-order valence-electron chi connectivity index (χ4n) is 1.33. The molecule has 1 rings (SSSR count). The topological polar surface area (TPSA) is 40.5 Å². The largest absolute Gasteiger partial charge is 0.508 e. The Bertz CT molecular complexity index is 308. The SMILES string of the molecule is CC(O)Cc1cc(C(C)F)ccc1O. The Hall–Kier alpha value is -1.09. The van der Waals surface area contributed by atoms with Crippen molar-refractivity contribution in [1.29, 1.82) is 0 Å². The van der Waals surface area contributed by atoms with Gasteiger partial charge in [0.05, 0.1) is 6.10 Å². The van der Waals surface area contributed by atoms with Gasteiger partial charge in [-0.25, -0.2) is 4.39 Å².